The van der Waals surface area contributed by atoms with Crippen LogP contribution < -0.4 is 0 Å². The van der Waals surface area contributed by atoms with Crippen LogP contribution in [-0.4, -0.2) is 51.8 Å². The van der Waals surface area contributed by atoms with Crippen molar-refractivity contribution in [1.82, 2.24) is 0 Å². The van der Waals surface area contributed by atoms with Crippen LogP contribution in [0.1, 0.15) is 40.0 Å². The molecule has 1 saturated carbocycles. The Morgan fingerprint density at radius 2 is 1.25 bits per heavy atom. The second-order valence-corrected chi connectivity index (χ2v) is 6.92. The number of hydrogen-bond donors (Lipinski definition) is 0. The zero-order valence-corrected chi connectivity index (χ0v) is 13.2. The highest BCUT2D eigenvalue weighted by atomic mass is 16.6. The predicted molar refractivity (Wildman–Crippen MR) is 77.9 cm³/mol. The van der Waals surface area contributed by atoms with Crippen LogP contribution in [0.15, 0.2) is 0 Å². The van der Waals surface area contributed by atoms with Gasteiger partial charge in [-0.25, -0.2) is 0 Å². The first-order chi connectivity index (χ1) is 9.57. The van der Waals surface area contributed by atoms with Gasteiger partial charge in [-0.05, 0) is 30.6 Å². The molecule has 0 bridgehead atoms. The molecule has 0 amide bonds. The summed E-state index contributed by atoms with van der Waals surface area (Å²) < 4.78 is 23.0. The lowest BCUT2D eigenvalue weighted by atomic mass is 9.71. The molecule has 2 aliphatic rings. The summed E-state index contributed by atoms with van der Waals surface area (Å²) in [4.78, 5) is 0. The average Bonchev–Trinajstić information content (AvgIpc) is 2.38. The van der Waals surface area contributed by atoms with E-state index in [1.807, 2.05) is 0 Å². The monoisotopic (exact) mass is 286 g/mol. The van der Waals surface area contributed by atoms with E-state index in [9.17, 15) is 0 Å². The first kappa shape index (κ1) is 16.2. The minimum Gasteiger partial charge on any atom is -0.377 e. The van der Waals surface area contributed by atoms with Gasteiger partial charge in [-0.2, -0.15) is 0 Å². The maximum Gasteiger partial charge on any atom is 0.0840 e. The van der Waals surface area contributed by atoms with Crippen LogP contribution in [-0.2, 0) is 18.9 Å². The van der Waals surface area contributed by atoms with E-state index < -0.39 is 0 Å². The Kier molecular flexibility index (Phi) is 6.27. The zero-order chi connectivity index (χ0) is 14.4. The van der Waals surface area contributed by atoms with E-state index in [4.69, 9.17) is 18.9 Å². The van der Waals surface area contributed by atoms with Gasteiger partial charge in [-0.3, -0.25) is 0 Å². The van der Waals surface area contributed by atoms with Crippen LogP contribution in [0.25, 0.3) is 0 Å². The molecule has 1 aliphatic carbocycles. The molecule has 0 aromatic carbocycles. The van der Waals surface area contributed by atoms with Crippen molar-refractivity contribution in [2.75, 3.05) is 39.6 Å². The van der Waals surface area contributed by atoms with Gasteiger partial charge in [0.25, 0.3) is 0 Å². The molecule has 4 nitrogen and oxygen atoms in total. The molecule has 4 heteroatoms. The average molecular weight is 286 g/mol. The minimum atomic E-state index is 0.205. The van der Waals surface area contributed by atoms with Gasteiger partial charge < -0.3 is 18.9 Å². The summed E-state index contributed by atoms with van der Waals surface area (Å²) >= 11 is 0. The molecule has 2 rings (SSSR count). The van der Waals surface area contributed by atoms with Gasteiger partial charge >= 0.3 is 0 Å². The van der Waals surface area contributed by atoms with Crippen LogP contribution in [0.3, 0.4) is 0 Å². The largest absolute Gasteiger partial charge is 0.377 e. The van der Waals surface area contributed by atoms with E-state index in [-0.39, 0.29) is 12.2 Å². The topological polar surface area (TPSA) is 36.9 Å². The summed E-state index contributed by atoms with van der Waals surface area (Å²) in [7, 11) is 0. The molecular formula is C16H30O4. The van der Waals surface area contributed by atoms with Crippen molar-refractivity contribution >= 4 is 0 Å². The fourth-order valence-electron chi connectivity index (χ4n) is 3.09. The fourth-order valence-corrected chi connectivity index (χ4v) is 3.09. The lowest BCUT2D eigenvalue weighted by molar-refractivity contribution is -0.133. The first-order valence-corrected chi connectivity index (χ1v) is 7.96. The zero-order valence-electron chi connectivity index (χ0n) is 13.2. The number of fused-ring (bicyclic) bond motifs is 1. The van der Waals surface area contributed by atoms with E-state index in [1.54, 1.807) is 0 Å². The second-order valence-electron chi connectivity index (χ2n) is 6.92. The summed E-state index contributed by atoms with van der Waals surface area (Å²) in [6, 6.07) is 0. The molecule has 20 heavy (non-hydrogen) atoms. The fraction of sp³-hybridized carbons (Fsp3) is 1.00. The second kappa shape index (κ2) is 7.74. The van der Waals surface area contributed by atoms with E-state index in [0.717, 1.165) is 12.8 Å². The quantitative estimate of drug-likeness (QED) is 0.686. The SMILES string of the molecule is CC(C)(C)[C@@H]1CC[C@H]2OCCOCCOCCO[C@@H]2C1. The minimum absolute atomic E-state index is 0.205. The van der Waals surface area contributed by atoms with Crippen molar-refractivity contribution in [3.63, 3.8) is 0 Å². The third kappa shape index (κ3) is 4.99. The van der Waals surface area contributed by atoms with Crippen molar-refractivity contribution in [2.45, 2.75) is 52.2 Å². The van der Waals surface area contributed by atoms with E-state index in [0.29, 0.717) is 51.0 Å². The van der Waals surface area contributed by atoms with Crippen LogP contribution in [0.2, 0.25) is 0 Å². The van der Waals surface area contributed by atoms with Gasteiger partial charge in [0.05, 0.1) is 51.8 Å². The molecule has 0 aromatic rings. The highest BCUT2D eigenvalue weighted by Crippen LogP contribution is 2.39. The summed E-state index contributed by atoms with van der Waals surface area (Å²) in [5.74, 6) is 0.706. The maximum atomic E-state index is 6.05. The molecule has 1 aliphatic heterocycles. The molecule has 0 N–H and O–H groups in total. The lowest BCUT2D eigenvalue weighted by Crippen LogP contribution is -2.42. The van der Waals surface area contributed by atoms with Crippen molar-refractivity contribution in [2.24, 2.45) is 11.3 Å². The predicted octanol–water partition coefficient (Wildman–Crippen LogP) is 2.65. The Balaban J connectivity index is 1.90. The van der Waals surface area contributed by atoms with Gasteiger partial charge in [-0.15, -0.1) is 0 Å². The Morgan fingerprint density at radius 3 is 1.85 bits per heavy atom. The third-order valence-electron chi connectivity index (χ3n) is 4.45. The normalized spacial score (nSPS) is 34.6. The third-order valence-corrected chi connectivity index (χ3v) is 4.45. The van der Waals surface area contributed by atoms with Gasteiger partial charge in [0.2, 0.25) is 0 Å². The molecule has 0 radical (unpaired) electrons. The molecule has 0 aromatic heterocycles. The molecule has 118 valence electrons. The molecule has 0 spiro atoms. The molecule has 2 fully saturated rings. The lowest BCUT2D eigenvalue weighted by Gasteiger charge is -2.41. The van der Waals surface area contributed by atoms with Crippen molar-refractivity contribution in [1.29, 1.82) is 0 Å². The Morgan fingerprint density at radius 1 is 0.700 bits per heavy atom. The maximum absolute atomic E-state index is 6.05. The Bertz CT molecular complexity index is 274. The van der Waals surface area contributed by atoms with Gasteiger partial charge in [-0.1, -0.05) is 20.8 Å². The van der Waals surface area contributed by atoms with Gasteiger partial charge in [0, 0.05) is 0 Å². The Hall–Kier alpha value is -0.160. The van der Waals surface area contributed by atoms with Crippen molar-refractivity contribution < 1.29 is 18.9 Å². The molecule has 1 saturated heterocycles. The van der Waals surface area contributed by atoms with E-state index >= 15 is 0 Å². The van der Waals surface area contributed by atoms with Crippen LogP contribution in [0.5, 0.6) is 0 Å². The number of ether oxygens (including phenoxy) is 4. The number of rotatable bonds is 0. The number of hydrogen-bond acceptors (Lipinski definition) is 4. The smallest absolute Gasteiger partial charge is 0.0840 e. The van der Waals surface area contributed by atoms with E-state index in [2.05, 4.69) is 20.8 Å². The standard InChI is InChI=1S/C16H30O4/c1-16(2,3)13-4-5-14-15(12-13)20-11-9-18-7-6-17-8-10-19-14/h13-15H,4-12H2,1-3H3/t13-,14-,15-/m1/s1. The summed E-state index contributed by atoms with van der Waals surface area (Å²) in [6.07, 6.45) is 3.83. The molecular weight excluding hydrogens is 256 g/mol. The molecule has 3 atom stereocenters. The van der Waals surface area contributed by atoms with Gasteiger partial charge in [0.15, 0.2) is 0 Å². The van der Waals surface area contributed by atoms with Gasteiger partial charge in [0.1, 0.15) is 0 Å². The molecule has 1 heterocycles. The molecule has 0 unspecified atom stereocenters. The highest BCUT2D eigenvalue weighted by molar-refractivity contribution is 4.87. The van der Waals surface area contributed by atoms with Crippen LogP contribution in [0, 0.1) is 11.3 Å². The van der Waals surface area contributed by atoms with Crippen LogP contribution in [0.4, 0.5) is 0 Å². The first-order valence-electron chi connectivity index (χ1n) is 7.96. The summed E-state index contributed by atoms with van der Waals surface area (Å²) in [5, 5.41) is 0. The van der Waals surface area contributed by atoms with E-state index in [1.165, 1.54) is 6.42 Å². The Labute approximate surface area is 123 Å². The van der Waals surface area contributed by atoms with Crippen molar-refractivity contribution in [3.05, 3.63) is 0 Å². The summed E-state index contributed by atoms with van der Waals surface area (Å²) in [6.45, 7) is 10.9. The van der Waals surface area contributed by atoms with Crippen LogP contribution >= 0.6 is 0 Å². The highest BCUT2D eigenvalue weighted by Gasteiger charge is 2.36. The summed E-state index contributed by atoms with van der Waals surface area (Å²) in [5.41, 5.74) is 0.345. The van der Waals surface area contributed by atoms with Crippen molar-refractivity contribution in [3.8, 4) is 0 Å².